The van der Waals surface area contributed by atoms with Crippen LogP contribution in [0.25, 0.3) is 0 Å². The van der Waals surface area contributed by atoms with Gasteiger partial charge in [-0.15, -0.1) is 0 Å². The molecule has 1 saturated heterocycles. The molecule has 20 heavy (non-hydrogen) atoms. The number of nitrogens with one attached hydrogen (secondary N) is 1. The van der Waals surface area contributed by atoms with Crippen LogP contribution in [-0.2, 0) is 11.3 Å². The molecule has 110 valence electrons. The first-order valence-corrected chi connectivity index (χ1v) is 6.70. The Labute approximate surface area is 115 Å². The Morgan fingerprint density at radius 1 is 1.15 bits per heavy atom. The number of hydrogen-bond acceptors (Lipinski definition) is 2. The van der Waals surface area contributed by atoms with Crippen molar-refractivity contribution in [1.82, 2.24) is 10.2 Å². The van der Waals surface area contributed by atoms with Crippen molar-refractivity contribution in [2.24, 2.45) is 0 Å². The molecular weight excluding hydrogens is 269 g/mol. The predicted molar refractivity (Wildman–Crippen MR) is 68.5 cm³/mol. The van der Waals surface area contributed by atoms with Crippen molar-refractivity contribution in [1.29, 1.82) is 0 Å². The molecule has 1 amide bonds. The average Bonchev–Trinajstić information content (AvgIpc) is 2.94. The molecule has 0 bridgehead atoms. The second kappa shape index (κ2) is 6.74. The highest BCUT2D eigenvalue weighted by Crippen LogP contribution is 2.13. The Balaban J connectivity index is 1.74. The van der Waals surface area contributed by atoms with Gasteiger partial charge in [-0.05, 0) is 30.5 Å². The number of nitrogens with zero attached hydrogens (tertiary/aromatic N) is 1. The zero-order valence-corrected chi connectivity index (χ0v) is 11.1. The molecule has 6 heteroatoms. The summed E-state index contributed by atoms with van der Waals surface area (Å²) < 4.78 is 38.7. The second-order valence-electron chi connectivity index (χ2n) is 4.89. The van der Waals surface area contributed by atoms with Gasteiger partial charge in [0.05, 0.1) is 0 Å². The van der Waals surface area contributed by atoms with Crippen molar-refractivity contribution < 1.29 is 18.0 Å². The number of halogens is 3. The lowest BCUT2D eigenvalue weighted by Gasteiger charge is -2.15. The Morgan fingerprint density at radius 3 is 2.35 bits per heavy atom. The lowest BCUT2D eigenvalue weighted by molar-refractivity contribution is -0.130. The minimum absolute atomic E-state index is 0.0893. The Bertz CT molecular complexity index is 464. The zero-order valence-electron chi connectivity index (χ0n) is 11.1. The van der Waals surface area contributed by atoms with E-state index in [1.54, 1.807) is 0 Å². The number of benzene rings is 1. The van der Waals surface area contributed by atoms with E-state index in [0.717, 1.165) is 38.1 Å². The summed E-state index contributed by atoms with van der Waals surface area (Å²) in [7, 11) is 0. The van der Waals surface area contributed by atoms with Crippen LogP contribution in [0, 0.1) is 17.5 Å². The molecule has 1 aromatic rings. The monoisotopic (exact) mass is 286 g/mol. The fourth-order valence-electron chi connectivity index (χ4n) is 2.26. The highest BCUT2D eigenvalue weighted by Gasteiger charge is 2.17. The van der Waals surface area contributed by atoms with Crippen LogP contribution in [0.1, 0.15) is 24.8 Å². The van der Waals surface area contributed by atoms with Gasteiger partial charge in [0.25, 0.3) is 0 Å². The standard InChI is InChI=1S/C14H17F3N2O/c15-11-7-10(8-12(16)14(11)17)9-18-4-3-13(20)19-5-1-2-6-19/h7-8,18H,1-6,9H2. The first-order valence-electron chi connectivity index (χ1n) is 6.70. The van der Waals surface area contributed by atoms with E-state index in [1.807, 2.05) is 4.90 Å². The van der Waals surface area contributed by atoms with E-state index in [2.05, 4.69) is 5.32 Å². The number of hydrogen-bond donors (Lipinski definition) is 1. The molecule has 1 N–H and O–H groups in total. The molecule has 0 aliphatic carbocycles. The maximum atomic E-state index is 13.0. The summed E-state index contributed by atoms with van der Waals surface area (Å²) >= 11 is 0. The Kier molecular flexibility index (Phi) is 5.00. The number of carbonyl (C=O) groups is 1. The quantitative estimate of drug-likeness (QED) is 0.665. The van der Waals surface area contributed by atoms with Gasteiger partial charge in [-0.3, -0.25) is 4.79 Å². The van der Waals surface area contributed by atoms with Crippen molar-refractivity contribution in [3.63, 3.8) is 0 Å². The molecule has 1 aliphatic rings. The van der Waals surface area contributed by atoms with Gasteiger partial charge in [-0.25, -0.2) is 13.2 Å². The summed E-state index contributed by atoms with van der Waals surface area (Å²) in [6, 6.07) is 1.90. The van der Waals surface area contributed by atoms with Crippen LogP contribution >= 0.6 is 0 Å². The molecule has 1 aliphatic heterocycles. The molecule has 0 radical (unpaired) electrons. The van der Waals surface area contributed by atoms with E-state index in [9.17, 15) is 18.0 Å². The number of carbonyl (C=O) groups excluding carboxylic acids is 1. The third kappa shape index (κ3) is 3.72. The highest BCUT2D eigenvalue weighted by atomic mass is 19.2. The van der Waals surface area contributed by atoms with Gasteiger partial charge >= 0.3 is 0 Å². The van der Waals surface area contributed by atoms with Gasteiger partial charge < -0.3 is 10.2 Å². The second-order valence-corrected chi connectivity index (χ2v) is 4.89. The number of amides is 1. The van der Waals surface area contributed by atoms with Gasteiger partial charge in [-0.2, -0.15) is 0 Å². The molecule has 1 aromatic carbocycles. The van der Waals surface area contributed by atoms with Crippen LogP contribution in [0.5, 0.6) is 0 Å². The van der Waals surface area contributed by atoms with E-state index in [4.69, 9.17) is 0 Å². The molecule has 1 fully saturated rings. The summed E-state index contributed by atoms with van der Waals surface area (Å²) in [5.74, 6) is -3.77. The van der Waals surface area contributed by atoms with Gasteiger partial charge in [0, 0.05) is 32.6 Å². The largest absolute Gasteiger partial charge is 0.343 e. The molecule has 0 spiro atoms. The van der Waals surface area contributed by atoms with Crippen LogP contribution in [0.2, 0.25) is 0 Å². The van der Waals surface area contributed by atoms with Gasteiger partial charge in [-0.1, -0.05) is 0 Å². The Hall–Kier alpha value is -1.56. The van der Waals surface area contributed by atoms with E-state index >= 15 is 0 Å². The third-order valence-electron chi connectivity index (χ3n) is 3.35. The average molecular weight is 286 g/mol. The lowest BCUT2D eigenvalue weighted by atomic mass is 10.2. The zero-order chi connectivity index (χ0) is 14.5. The van der Waals surface area contributed by atoms with Gasteiger partial charge in [0.15, 0.2) is 17.5 Å². The van der Waals surface area contributed by atoms with Crippen molar-refractivity contribution >= 4 is 5.91 Å². The molecule has 1 heterocycles. The first kappa shape index (κ1) is 14.8. The normalized spacial score (nSPS) is 14.8. The summed E-state index contributed by atoms with van der Waals surface area (Å²) in [5, 5.41) is 2.93. The summed E-state index contributed by atoms with van der Waals surface area (Å²) in [6.45, 7) is 2.25. The van der Waals surface area contributed by atoms with Gasteiger partial charge in [0.2, 0.25) is 5.91 Å². The molecule has 0 saturated carbocycles. The number of likely N-dealkylation sites (tertiary alicyclic amines) is 1. The van der Waals surface area contributed by atoms with E-state index in [-0.39, 0.29) is 12.5 Å². The third-order valence-corrected chi connectivity index (χ3v) is 3.35. The SMILES string of the molecule is O=C(CCNCc1cc(F)c(F)c(F)c1)N1CCCC1. The number of rotatable bonds is 5. The van der Waals surface area contributed by atoms with E-state index in [1.165, 1.54) is 0 Å². The van der Waals surface area contributed by atoms with Crippen molar-refractivity contribution in [2.45, 2.75) is 25.8 Å². The van der Waals surface area contributed by atoms with E-state index in [0.29, 0.717) is 18.5 Å². The van der Waals surface area contributed by atoms with Crippen LogP contribution in [-0.4, -0.2) is 30.4 Å². The molecule has 2 rings (SSSR count). The van der Waals surface area contributed by atoms with E-state index < -0.39 is 17.5 Å². The topological polar surface area (TPSA) is 32.3 Å². The highest BCUT2D eigenvalue weighted by molar-refractivity contribution is 5.76. The Morgan fingerprint density at radius 2 is 1.75 bits per heavy atom. The summed E-state index contributed by atoms with van der Waals surface area (Å²) in [6.07, 6.45) is 2.45. The van der Waals surface area contributed by atoms with Crippen LogP contribution in [0.4, 0.5) is 13.2 Å². The molecule has 0 aromatic heterocycles. The van der Waals surface area contributed by atoms with Crippen LogP contribution in [0.3, 0.4) is 0 Å². The van der Waals surface area contributed by atoms with Crippen LogP contribution < -0.4 is 5.32 Å². The summed E-state index contributed by atoms with van der Waals surface area (Å²) in [4.78, 5) is 13.5. The smallest absolute Gasteiger partial charge is 0.223 e. The predicted octanol–water partition coefficient (Wildman–Crippen LogP) is 2.21. The molecule has 3 nitrogen and oxygen atoms in total. The minimum Gasteiger partial charge on any atom is -0.343 e. The lowest BCUT2D eigenvalue weighted by Crippen LogP contribution is -2.30. The fraction of sp³-hybridized carbons (Fsp3) is 0.500. The first-order chi connectivity index (χ1) is 9.58. The van der Waals surface area contributed by atoms with Crippen molar-refractivity contribution in [2.75, 3.05) is 19.6 Å². The van der Waals surface area contributed by atoms with Gasteiger partial charge in [0.1, 0.15) is 0 Å². The molecular formula is C14H17F3N2O. The van der Waals surface area contributed by atoms with Crippen molar-refractivity contribution in [3.8, 4) is 0 Å². The maximum absolute atomic E-state index is 13.0. The minimum atomic E-state index is -1.46. The molecule has 0 unspecified atom stereocenters. The molecule has 0 atom stereocenters. The fourth-order valence-corrected chi connectivity index (χ4v) is 2.26. The van der Waals surface area contributed by atoms with Crippen molar-refractivity contribution in [3.05, 3.63) is 35.1 Å². The van der Waals surface area contributed by atoms with Crippen LogP contribution in [0.15, 0.2) is 12.1 Å². The maximum Gasteiger partial charge on any atom is 0.223 e. The summed E-state index contributed by atoms with van der Waals surface area (Å²) in [5.41, 5.74) is 0.315.